The number of halogens is 1. The summed E-state index contributed by atoms with van der Waals surface area (Å²) < 4.78 is 6.05. The number of ether oxygens (including phenoxy) is 1. The largest absolute Gasteiger partial charge is 0.495 e. The van der Waals surface area contributed by atoms with Crippen molar-refractivity contribution in [3.8, 4) is 11.8 Å². The molecule has 2 rings (SSSR count). The van der Waals surface area contributed by atoms with E-state index >= 15 is 0 Å². The van der Waals surface area contributed by atoms with Crippen molar-refractivity contribution in [3.63, 3.8) is 0 Å². The molecule has 0 fully saturated rings. The van der Waals surface area contributed by atoms with Crippen molar-refractivity contribution in [2.45, 2.75) is 6.92 Å². The van der Waals surface area contributed by atoms with Crippen molar-refractivity contribution in [1.29, 1.82) is 5.26 Å². The number of carbonyl (C=O) groups excluding carboxylic acids is 1. The standard InChI is InChI=1S/C16H13BrN2O2/c1-10-6-7-11(8-13(10)17)16(20)19-15-12(9-18)4-3-5-14(15)21-2/h3-8H,1-2H3,(H,19,20). The fourth-order valence-corrected chi connectivity index (χ4v) is 2.22. The highest BCUT2D eigenvalue weighted by atomic mass is 79.9. The SMILES string of the molecule is COc1cccc(C#N)c1NC(=O)c1ccc(C)c(Br)c1. The summed E-state index contributed by atoms with van der Waals surface area (Å²) in [6, 6.07) is 12.4. The molecule has 0 bridgehead atoms. The zero-order chi connectivity index (χ0) is 15.4. The Bertz CT molecular complexity index is 736. The van der Waals surface area contributed by atoms with Crippen molar-refractivity contribution in [3.05, 3.63) is 57.6 Å². The zero-order valence-corrected chi connectivity index (χ0v) is 13.2. The molecule has 0 aromatic heterocycles. The van der Waals surface area contributed by atoms with Crippen LogP contribution in [0.2, 0.25) is 0 Å². The molecule has 21 heavy (non-hydrogen) atoms. The van der Waals surface area contributed by atoms with E-state index in [1.54, 1.807) is 30.3 Å². The molecule has 2 aromatic carbocycles. The topological polar surface area (TPSA) is 62.1 Å². The van der Waals surface area contributed by atoms with Gasteiger partial charge in [0.2, 0.25) is 0 Å². The van der Waals surface area contributed by atoms with Gasteiger partial charge in [0, 0.05) is 10.0 Å². The Hall–Kier alpha value is -2.32. The molecule has 0 saturated heterocycles. The molecular formula is C16H13BrN2O2. The van der Waals surface area contributed by atoms with Crippen LogP contribution in [0.3, 0.4) is 0 Å². The number of methoxy groups -OCH3 is 1. The molecule has 0 aliphatic carbocycles. The Kier molecular flexibility index (Phi) is 4.61. The summed E-state index contributed by atoms with van der Waals surface area (Å²) in [7, 11) is 1.49. The Morgan fingerprint density at radius 2 is 2.10 bits per heavy atom. The monoisotopic (exact) mass is 344 g/mol. The van der Waals surface area contributed by atoms with Gasteiger partial charge in [0.25, 0.3) is 5.91 Å². The number of anilines is 1. The van der Waals surface area contributed by atoms with Crippen LogP contribution in [-0.2, 0) is 0 Å². The fourth-order valence-electron chi connectivity index (χ4n) is 1.84. The summed E-state index contributed by atoms with van der Waals surface area (Å²) in [5.74, 6) is 0.158. The third-order valence-corrected chi connectivity index (χ3v) is 3.89. The van der Waals surface area contributed by atoms with Crippen molar-refractivity contribution in [2.75, 3.05) is 12.4 Å². The molecule has 2 aromatic rings. The van der Waals surface area contributed by atoms with E-state index in [0.717, 1.165) is 10.0 Å². The molecular weight excluding hydrogens is 332 g/mol. The summed E-state index contributed by atoms with van der Waals surface area (Å²) in [5, 5.41) is 11.9. The second-order valence-electron chi connectivity index (χ2n) is 4.41. The number of nitrogens with zero attached hydrogens (tertiary/aromatic N) is 1. The van der Waals surface area contributed by atoms with Crippen LogP contribution in [0.5, 0.6) is 5.75 Å². The normalized spacial score (nSPS) is 9.81. The maximum atomic E-state index is 12.3. The summed E-state index contributed by atoms with van der Waals surface area (Å²) in [6.45, 7) is 1.94. The Balaban J connectivity index is 2.36. The highest BCUT2D eigenvalue weighted by molar-refractivity contribution is 9.10. The van der Waals surface area contributed by atoms with Crippen LogP contribution in [0.25, 0.3) is 0 Å². The Morgan fingerprint density at radius 1 is 1.33 bits per heavy atom. The predicted molar refractivity (Wildman–Crippen MR) is 84.5 cm³/mol. The van der Waals surface area contributed by atoms with Gasteiger partial charge in [0.1, 0.15) is 17.5 Å². The molecule has 0 heterocycles. The van der Waals surface area contributed by atoms with E-state index in [4.69, 9.17) is 10.00 Å². The van der Waals surface area contributed by atoms with Gasteiger partial charge in [-0.15, -0.1) is 0 Å². The molecule has 0 saturated carbocycles. The number of para-hydroxylation sites is 1. The zero-order valence-electron chi connectivity index (χ0n) is 11.6. The van der Waals surface area contributed by atoms with Crippen molar-refractivity contribution < 1.29 is 9.53 Å². The number of nitrogens with one attached hydrogen (secondary N) is 1. The van der Waals surface area contributed by atoms with E-state index in [1.165, 1.54) is 7.11 Å². The summed E-state index contributed by atoms with van der Waals surface area (Å²) >= 11 is 3.40. The number of aryl methyl sites for hydroxylation is 1. The first-order valence-corrected chi connectivity index (χ1v) is 7.00. The van der Waals surface area contributed by atoms with Crippen LogP contribution in [0.15, 0.2) is 40.9 Å². The number of carbonyl (C=O) groups is 1. The summed E-state index contributed by atoms with van der Waals surface area (Å²) in [4.78, 5) is 12.3. The Labute approximate surface area is 131 Å². The molecule has 5 heteroatoms. The lowest BCUT2D eigenvalue weighted by Crippen LogP contribution is -2.14. The minimum absolute atomic E-state index is 0.295. The predicted octanol–water partition coefficient (Wildman–Crippen LogP) is 3.89. The lowest BCUT2D eigenvalue weighted by atomic mass is 10.1. The Morgan fingerprint density at radius 3 is 2.71 bits per heavy atom. The van der Waals surface area contributed by atoms with E-state index in [9.17, 15) is 4.79 Å². The number of nitriles is 1. The van der Waals surface area contributed by atoms with E-state index < -0.39 is 0 Å². The van der Waals surface area contributed by atoms with Gasteiger partial charge in [-0.1, -0.05) is 28.1 Å². The quantitative estimate of drug-likeness (QED) is 0.918. The molecule has 0 atom stereocenters. The molecule has 0 unspecified atom stereocenters. The summed E-state index contributed by atoms with van der Waals surface area (Å²) in [6.07, 6.45) is 0. The van der Waals surface area contributed by atoms with Crippen LogP contribution in [-0.4, -0.2) is 13.0 Å². The minimum Gasteiger partial charge on any atom is -0.495 e. The van der Waals surface area contributed by atoms with E-state index in [1.807, 2.05) is 19.1 Å². The van der Waals surface area contributed by atoms with Gasteiger partial charge >= 0.3 is 0 Å². The number of rotatable bonds is 3. The van der Waals surface area contributed by atoms with E-state index in [0.29, 0.717) is 22.6 Å². The van der Waals surface area contributed by atoms with Crippen LogP contribution >= 0.6 is 15.9 Å². The van der Waals surface area contributed by atoms with Gasteiger partial charge in [-0.2, -0.15) is 5.26 Å². The van der Waals surface area contributed by atoms with Gasteiger partial charge in [0.05, 0.1) is 12.7 Å². The first-order chi connectivity index (χ1) is 10.1. The first kappa shape index (κ1) is 15.1. The molecule has 106 valence electrons. The average Bonchev–Trinajstić information content (AvgIpc) is 2.50. The lowest BCUT2D eigenvalue weighted by molar-refractivity contribution is 0.102. The van der Waals surface area contributed by atoms with Crippen molar-refractivity contribution >= 4 is 27.5 Å². The van der Waals surface area contributed by atoms with Crippen molar-refractivity contribution in [2.24, 2.45) is 0 Å². The van der Waals surface area contributed by atoms with Gasteiger partial charge in [-0.25, -0.2) is 0 Å². The highest BCUT2D eigenvalue weighted by Gasteiger charge is 2.14. The molecule has 0 aliphatic heterocycles. The van der Waals surface area contributed by atoms with Crippen LogP contribution < -0.4 is 10.1 Å². The highest BCUT2D eigenvalue weighted by Crippen LogP contribution is 2.28. The molecule has 0 spiro atoms. The van der Waals surface area contributed by atoms with Gasteiger partial charge in [0.15, 0.2) is 0 Å². The van der Waals surface area contributed by atoms with E-state index in [2.05, 4.69) is 21.2 Å². The molecule has 1 amide bonds. The van der Waals surface area contributed by atoms with Gasteiger partial charge < -0.3 is 10.1 Å². The van der Waals surface area contributed by atoms with Crippen molar-refractivity contribution in [1.82, 2.24) is 0 Å². The van der Waals surface area contributed by atoms with Crippen LogP contribution in [0.1, 0.15) is 21.5 Å². The first-order valence-electron chi connectivity index (χ1n) is 6.21. The third-order valence-electron chi connectivity index (χ3n) is 3.04. The maximum absolute atomic E-state index is 12.3. The minimum atomic E-state index is -0.295. The molecule has 4 nitrogen and oxygen atoms in total. The lowest BCUT2D eigenvalue weighted by Gasteiger charge is -2.12. The maximum Gasteiger partial charge on any atom is 0.255 e. The molecule has 1 N–H and O–H groups in total. The number of hydrogen-bond acceptors (Lipinski definition) is 3. The fraction of sp³-hybridized carbons (Fsp3) is 0.125. The average molecular weight is 345 g/mol. The number of amides is 1. The second kappa shape index (κ2) is 6.42. The summed E-state index contributed by atoms with van der Waals surface area (Å²) in [5.41, 5.74) is 2.28. The molecule has 0 radical (unpaired) electrons. The van der Waals surface area contributed by atoms with Crippen LogP contribution in [0, 0.1) is 18.3 Å². The number of hydrogen-bond donors (Lipinski definition) is 1. The second-order valence-corrected chi connectivity index (χ2v) is 5.27. The smallest absolute Gasteiger partial charge is 0.255 e. The van der Waals surface area contributed by atoms with E-state index in [-0.39, 0.29) is 5.91 Å². The van der Waals surface area contributed by atoms with Gasteiger partial charge in [-0.3, -0.25) is 4.79 Å². The van der Waals surface area contributed by atoms with Crippen LogP contribution in [0.4, 0.5) is 5.69 Å². The number of benzene rings is 2. The third kappa shape index (κ3) is 3.23. The molecule has 0 aliphatic rings. The van der Waals surface area contributed by atoms with Gasteiger partial charge in [-0.05, 0) is 36.8 Å².